The van der Waals surface area contributed by atoms with E-state index >= 15 is 0 Å². The van der Waals surface area contributed by atoms with E-state index in [2.05, 4.69) is 15.4 Å². The van der Waals surface area contributed by atoms with Gasteiger partial charge in [-0.05, 0) is 32.1 Å². The number of hydrogen-bond donors (Lipinski definition) is 1. The van der Waals surface area contributed by atoms with Crippen LogP contribution in [0.5, 0.6) is 0 Å². The Labute approximate surface area is 149 Å². The molecular formula is C18H15N5OS. The maximum atomic E-state index is 12.3. The molecule has 0 aliphatic rings. The summed E-state index contributed by atoms with van der Waals surface area (Å²) in [6.45, 7) is 3.76. The van der Waals surface area contributed by atoms with Gasteiger partial charge in [-0.3, -0.25) is 10.1 Å². The Morgan fingerprint density at radius 3 is 2.72 bits per heavy atom. The number of para-hydroxylation sites is 1. The second-order valence-electron chi connectivity index (χ2n) is 5.29. The molecule has 0 atom stereocenters. The van der Waals surface area contributed by atoms with E-state index < -0.39 is 5.91 Å². The lowest BCUT2D eigenvalue weighted by Gasteiger charge is -2.04. The molecule has 0 bridgehead atoms. The fourth-order valence-electron chi connectivity index (χ4n) is 2.43. The number of thiazole rings is 1. The molecular weight excluding hydrogens is 334 g/mol. The number of aryl methyl sites for hydroxylation is 1. The lowest BCUT2D eigenvalue weighted by Crippen LogP contribution is -2.13. The molecule has 0 unspecified atom stereocenters. The molecule has 7 heteroatoms. The van der Waals surface area contributed by atoms with E-state index in [0.29, 0.717) is 5.13 Å². The highest BCUT2D eigenvalue weighted by Gasteiger charge is 2.16. The Morgan fingerprint density at radius 1 is 1.32 bits per heavy atom. The van der Waals surface area contributed by atoms with Crippen LogP contribution in [0.25, 0.3) is 11.8 Å². The summed E-state index contributed by atoms with van der Waals surface area (Å²) in [6.07, 6.45) is 3.16. The third-order valence-corrected chi connectivity index (χ3v) is 4.34. The molecule has 25 heavy (non-hydrogen) atoms. The molecule has 0 fully saturated rings. The summed E-state index contributed by atoms with van der Waals surface area (Å²) in [5.41, 5.74) is 3.30. The summed E-state index contributed by atoms with van der Waals surface area (Å²) in [5, 5.41) is 18.7. The highest BCUT2D eigenvalue weighted by atomic mass is 32.1. The molecule has 124 valence electrons. The smallest absolute Gasteiger partial charge is 0.268 e. The third kappa shape index (κ3) is 3.49. The summed E-state index contributed by atoms with van der Waals surface area (Å²) in [6, 6.07) is 11.7. The van der Waals surface area contributed by atoms with E-state index in [1.54, 1.807) is 22.3 Å². The van der Waals surface area contributed by atoms with Gasteiger partial charge in [0.2, 0.25) is 0 Å². The highest BCUT2D eigenvalue weighted by molar-refractivity contribution is 7.13. The number of rotatable bonds is 4. The summed E-state index contributed by atoms with van der Waals surface area (Å²) < 4.78 is 1.80. The summed E-state index contributed by atoms with van der Waals surface area (Å²) in [7, 11) is 0. The molecule has 3 aromatic rings. The van der Waals surface area contributed by atoms with E-state index in [4.69, 9.17) is 0 Å². The topological polar surface area (TPSA) is 83.6 Å². The third-order valence-electron chi connectivity index (χ3n) is 3.65. The highest BCUT2D eigenvalue weighted by Crippen LogP contribution is 2.21. The van der Waals surface area contributed by atoms with Gasteiger partial charge < -0.3 is 0 Å². The summed E-state index contributed by atoms with van der Waals surface area (Å²) in [5.74, 6) is -0.483. The lowest BCUT2D eigenvalue weighted by molar-refractivity contribution is -0.112. The largest absolute Gasteiger partial charge is 0.297 e. The molecule has 2 aromatic heterocycles. The normalized spacial score (nSPS) is 11.2. The van der Waals surface area contributed by atoms with E-state index in [0.717, 1.165) is 22.6 Å². The quantitative estimate of drug-likeness (QED) is 0.577. The zero-order valence-electron chi connectivity index (χ0n) is 13.7. The van der Waals surface area contributed by atoms with Crippen molar-refractivity contribution in [2.75, 3.05) is 5.32 Å². The SMILES string of the molecule is Cc1nn(-c2ccccc2)c(C)c1/C=C(\C#N)C(=O)Nc1nccs1. The van der Waals surface area contributed by atoms with Crippen molar-refractivity contribution in [1.29, 1.82) is 5.26 Å². The predicted octanol–water partition coefficient (Wildman–Crippen LogP) is 3.49. The Balaban J connectivity index is 1.95. The first-order valence-electron chi connectivity index (χ1n) is 7.54. The lowest BCUT2D eigenvalue weighted by atomic mass is 10.1. The maximum Gasteiger partial charge on any atom is 0.268 e. The van der Waals surface area contributed by atoms with E-state index in [1.807, 2.05) is 50.2 Å². The minimum Gasteiger partial charge on any atom is -0.297 e. The van der Waals surface area contributed by atoms with Crippen LogP contribution in [0.1, 0.15) is 17.0 Å². The first-order chi connectivity index (χ1) is 12.1. The van der Waals surface area contributed by atoms with Gasteiger partial charge in [-0.1, -0.05) is 18.2 Å². The number of benzene rings is 1. The molecule has 0 aliphatic carbocycles. The van der Waals surface area contributed by atoms with Gasteiger partial charge in [0.25, 0.3) is 5.91 Å². The van der Waals surface area contributed by atoms with Gasteiger partial charge in [0.1, 0.15) is 11.6 Å². The van der Waals surface area contributed by atoms with Crippen LogP contribution in [0.3, 0.4) is 0 Å². The Hall–Kier alpha value is -3.24. The van der Waals surface area contributed by atoms with Crippen molar-refractivity contribution in [2.45, 2.75) is 13.8 Å². The first-order valence-corrected chi connectivity index (χ1v) is 8.42. The van der Waals surface area contributed by atoms with Crippen LogP contribution in [-0.2, 0) is 4.79 Å². The number of nitrogens with one attached hydrogen (secondary N) is 1. The number of nitrogens with zero attached hydrogens (tertiary/aromatic N) is 4. The fraction of sp³-hybridized carbons (Fsp3) is 0.111. The zero-order chi connectivity index (χ0) is 17.8. The van der Waals surface area contributed by atoms with Crippen molar-refractivity contribution in [2.24, 2.45) is 0 Å². The van der Waals surface area contributed by atoms with Gasteiger partial charge >= 0.3 is 0 Å². The summed E-state index contributed by atoms with van der Waals surface area (Å²) >= 11 is 1.30. The molecule has 3 rings (SSSR count). The second-order valence-corrected chi connectivity index (χ2v) is 6.19. The standard InChI is InChI=1S/C18H15N5OS/c1-12-16(13(2)23(22-12)15-6-4-3-5-7-15)10-14(11-19)17(24)21-18-20-8-9-25-18/h3-10H,1-2H3,(H,20,21,24)/b14-10+. The number of carbonyl (C=O) groups excluding carboxylic acids is 1. The van der Waals surface area contributed by atoms with Gasteiger partial charge in [-0.25, -0.2) is 9.67 Å². The number of amides is 1. The molecule has 0 saturated heterocycles. The van der Waals surface area contributed by atoms with Crippen molar-refractivity contribution in [3.8, 4) is 11.8 Å². The van der Waals surface area contributed by atoms with Gasteiger partial charge in [-0.2, -0.15) is 10.4 Å². The van der Waals surface area contributed by atoms with Gasteiger partial charge in [0, 0.05) is 22.8 Å². The molecule has 1 amide bonds. The number of nitriles is 1. The second kappa shape index (κ2) is 7.11. The van der Waals surface area contributed by atoms with E-state index in [1.165, 1.54) is 11.3 Å². The first kappa shape index (κ1) is 16.6. The number of hydrogen-bond acceptors (Lipinski definition) is 5. The minimum atomic E-state index is -0.483. The molecule has 0 saturated carbocycles. The van der Waals surface area contributed by atoms with E-state index in [-0.39, 0.29) is 5.57 Å². The average Bonchev–Trinajstić information content (AvgIpc) is 3.22. The number of aromatic nitrogens is 3. The molecule has 0 aliphatic heterocycles. The van der Waals surface area contributed by atoms with Gasteiger partial charge in [-0.15, -0.1) is 11.3 Å². The predicted molar refractivity (Wildman–Crippen MR) is 97.4 cm³/mol. The minimum absolute atomic E-state index is 0.00834. The number of carbonyl (C=O) groups is 1. The van der Waals surface area contributed by atoms with Gasteiger partial charge in [0.15, 0.2) is 5.13 Å². The van der Waals surface area contributed by atoms with Crippen LogP contribution >= 0.6 is 11.3 Å². The fourth-order valence-corrected chi connectivity index (χ4v) is 2.95. The van der Waals surface area contributed by atoms with Crippen LogP contribution in [0.15, 0.2) is 47.5 Å². The molecule has 1 aromatic carbocycles. The molecule has 0 radical (unpaired) electrons. The molecule has 6 nitrogen and oxygen atoms in total. The Bertz CT molecular complexity index is 965. The zero-order valence-corrected chi connectivity index (χ0v) is 14.5. The maximum absolute atomic E-state index is 12.3. The van der Waals surface area contributed by atoms with Crippen LogP contribution < -0.4 is 5.32 Å². The van der Waals surface area contributed by atoms with E-state index in [9.17, 15) is 10.1 Å². The van der Waals surface area contributed by atoms with Crippen LogP contribution in [0.4, 0.5) is 5.13 Å². The van der Waals surface area contributed by atoms with Crippen LogP contribution in [0.2, 0.25) is 0 Å². The summed E-state index contributed by atoms with van der Waals surface area (Å²) in [4.78, 5) is 16.3. The van der Waals surface area contributed by atoms with Crippen molar-refractivity contribution in [3.05, 3.63) is 64.4 Å². The van der Waals surface area contributed by atoms with Gasteiger partial charge in [0.05, 0.1) is 11.4 Å². The Morgan fingerprint density at radius 2 is 2.08 bits per heavy atom. The van der Waals surface area contributed by atoms with Crippen molar-refractivity contribution in [1.82, 2.24) is 14.8 Å². The van der Waals surface area contributed by atoms with Crippen LogP contribution in [0, 0.1) is 25.2 Å². The molecule has 0 spiro atoms. The average molecular weight is 349 g/mol. The van der Waals surface area contributed by atoms with Crippen molar-refractivity contribution < 1.29 is 4.79 Å². The van der Waals surface area contributed by atoms with Crippen molar-refractivity contribution >= 4 is 28.5 Å². The Kier molecular flexibility index (Phi) is 4.73. The van der Waals surface area contributed by atoms with Crippen molar-refractivity contribution in [3.63, 3.8) is 0 Å². The number of anilines is 1. The van der Waals surface area contributed by atoms with Crippen LogP contribution in [-0.4, -0.2) is 20.7 Å². The molecule has 1 N–H and O–H groups in total. The molecule has 2 heterocycles. The monoisotopic (exact) mass is 349 g/mol.